The van der Waals surface area contributed by atoms with Crippen molar-refractivity contribution < 1.29 is 9.53 Å². The summed E-state index contributed by atoms with van der Waals surface area (Å²) in [4.78, 5) is 16.6. The molecule has 0 amide bonds. The van der Waals surface area contributed by atoms with Crippen LogP contribution in [0.25, 0.3) is 0 Å². The van der Waals surface area contributed by atoms with Gasteiger partial charge in [-0.1, -0.05) is 13.3 Å². The zero-order valence-electron chi connectivity index (χ0n) is 12.6. The van der Waals surface area contributed by atoms with Crippen molar-refractivity contribution in [2.24, 2.45) is 11.8 Å². The number of carbonyl (C=O) groups excluding carboxylic acids is 1. The number of piperidine rings is 1. The van der Waals surface area contributed by atoms with Crippen LogP contribution in [0.2, 0.25) is 0 Å². The van der Waals surface area contributed by atoms with Crippen LogP contribution in [0.5, 0.6) is 0 Å². The van der Waals surface area contributed by atoms with Gasteiger partial charge in [0, 0.05) is 19.1 Å². The van der Waals surface area contributed by atoms with Gasteiger partial charge in [0.05, 0.1) is 13.0 Å². The number of hydrogen-bond acceptors (Lipinski definition) is 4. The monoisotopic (exact) mass is 268 g/mol. The van der Waals surface area contributed by atoms with E-state index in [9.17, 15) is 4.79 Å². The largest absolute Gasteiger partial charge is 0.469 e. The average molecular weight is 268 g/mol. The molecular weight excluding hydrogens is 240 g/mol. The summed E-state index contributed by atoms with van der Waals surface area (Å²) in [6, 6.07) is 0.737. The fraction of sp³-hybridized carbons (Fsp3) is 0.933. The SMILES string of the molecule is COC(=O)C1CN(CCC2CCCCN2C)CC1C. The van der Waals surface area contributed by atoms with E-state index in [0.29, 0.717) is 5.92 Å². The van der Waals surface area contributed by atoms with Crippen LogP contribution in [0.15, 0.2) is 0 Å². The molecule has 2 fully saturated rings. The van der Waals surface area contributed by atoms with Gasteiger partial charge in [0.1, 0.15) is 0 Å². The van der Waals surface area contributed by atoms with Crippen LogP contribution in [0.1, 0.15) is 32.6 Å². The van der Waals surface area contributed by atoms with Crippen molar-refractivity contribution in [2.75, 3.05) is 40.3 Å². The summed E-state index contributed by atoms with van der Waals surface area (Å²) in [5.41, 5.74) is 0. The molecule has 3 atom stereocenters. The number of ether oxygens (including phenoxy) is 1. The van der Waals surface area contributed by atoms with Gasteiger partial charge in [0.25, 0.3) is 0 Å². The third kappa shape index (κ3) is 3.69. The van der Waals surface area contributed by atoms with E-state index in [-0.39, 0.29) is 11.9 Å². The van der Waals surface area contributed by atoms with E-state index >= 15 is 0 Å². The van der Waals surface area contributed by atoms with E-state index in [1.54, 1.807) is 0 Å². The number of esters is 1. The first-order valence-corrected chi connectivity index (χ1v) is 7.62. The fourth-order valence-electron chi connectivity index (χ4n) is 3.55. The Morgan fingerprint density at radius 3 is 2.79 bits per heavy atom. The molecule has 0 aromatic rings. The Hall–Kier alpha value is -0.610. The Morgan fingerprint density at radius 1 is 1.32 bits per heavy atom. The fourth-order valence-corrected chi connectivity index (χ4v) is 3.55. The van der Waals surface area contributed by atoms with Gasteiger partial charge in [0.2, 0.25) is 0 Å². The summed E-state index contributed by atoms with van der Waals surface area (Å²) in [7, 11) is 3.74. The van der Waals surface area contributed by atoms with Crippen LogP contribution < -0.4 is 0 Å². The quantitative estimate of drug-likeness (QED) is 0.725. The van der Waals surface area contributed by atoms with Crippen LogP contribution in [0, 0.1) is 11.8 Å². The predicted octanol–water partition coefficient (Wildman–Crippen LogP) is 1.60. The molecule has 2 saturated heterocycles. The molecule has 0 aromatic heterocycles. The van der Waals surface area contributed by atoms with Gasteiger partial charge in [-0.15, -0.1) is 0 Å². The summed E-state index contributed by atoms with van der Waals surface area (Å²) in [5, 5.41) is 0. The van der Waals surface area contributed by atoms with E-state index in [4.69, 9.17) is 4.74 Å². The Morgan fingerprint density at radius 2 is 2.11 bits per heavy atom. The Labute approximate surface area is 117 Å². The van der Waals surface area contributed by atoms with Crippen molar-refractivity contribution >= 4 is 5.97 Å². The van der Waals surface area contributed by atoms with E-state index < -0.39 is 0 Å². The number of carbonyl (C=O) groups is 1. The molecule has 110 valence electrons. The molecule has 3 unspecified atom stereocenters. The smallest absolute Gasteiger partial charge is 0.310 e. The lowest BCUT2D eigenvalue weighted by molar-refractivity contribution is -0.146. The van der Waals surface area contributed by atoms with Gasteiger partial charge in [-0.25, -0.2) is 0 Å². The Bertz CT molecular complexity index is 309. The molecule has 0 aliphatic carbocycles. The average Bonchev–Trinajstić information content (AvgIpc) is 2.78. The number of likely N-dealkylation sites (tertiary alicyclic amines) is 2. The van der Waals surface area contributed by atoms with E-state index in [1.165, 1.54) is 39.3 Å². The minimum Gasteiger partial charge on any atom is -0.469 e. The van der Waals surface area contributed by atoms with Gasteiger partial charge >= 0.3 is 5.97 Å². The van der Waals surface area contributed by atoms with E-state index in [0.717, 1.165) is 25.7 Å². The number of hydrogen-bond donors (Lipinski definition) is 0. The summed E-state index contributed by atoms with van der Waals surface area (Å²) in [5.74, 6) is 0.468. The van der Waals surface area contributed by atoms with Crippen LogP contribution in [-0.2, 0) is 9.53 Å². The standard InChI is InChI=1S/C15H28N2O2/c1-12-10-17(11-14(12)15(18)19-3)9-7-13-6-4-5-8-16(13)2/h12-14H,4-11H2,1-3H3. The first kappa shape index (κ1) is 14.8. The highest BCUT2D eigenvalue weighted by Crippen LogP contribution is 2.25. The molecule has 4 heteroatoms. The molecule has 4 nitrogen and oxygen atoms in total. The van der Waals surface area contributed by atoms with Crippen molar-refractivity contribution in [3.8, 4) is 0 Å². The molecule has 2 aliphatic heterocycles. The van der Waals surface area contributed by atoms with Gasteiger partial charge < -0.3 is 14.5 Å². The molecule has 0 aromatic carbocycles. The minimum absolute atomic E-state index is 0.0372. The summed E-state index contributed by atoms with van der Waals surface area (Å²) in [6.07, 6.45) is 5.28. The minimum atomic E-state index is -0.0372. The lowest BCUT2D eigenvalue weighted by Crippen LogP contribution is -2.38. The molecule has 19 heavy (non-hydrogen) atoms. The second kappa shape index (κ2) is 6.71. The normalized spacial score (nSPS) is 33.5. The molecule has 2 heterocycles. The van der Waals surface area contributed by atoms with Crippen molar-refractivity contribution in [2.45, 2.75) is 38.6 Å². The van der Waals surface area contributed by atoms with E-state index in [2.05, 4.69) is 23.8 Å². The maximum atomic E-state index is 11.7. The molecule has 0 N–H and O–H groups in total. The van der Waals surface area contributed by atoms with Crippen LogP contribution in [-0.4, -0.2) is 62.1 Å². The summed E-state index contributed by atoms with van der Waals surface area (Å²) in [6.45, 7) is 6.44. The van der Waals surface area contributed by atoms with Gasteiger partial charge in [0.15, 0.2) is 0 Å². The predicted molar refractivity (Wildman–Crippen MR) is 76.0 cm³/mol. The second-order valence-electron chi connectivity index (χ2n) is 6.29. The van der Waals surface area contributed by atoms with Crippen molar-refractivity contribution in [1.29, 1.82) is 0 Å². The van der Waals surface area contributed by atoms with Crippen LogP contribution in [0.4, 0.5) is 0 Å². The molecule has 0 spiro atoms. The third-order valence-electron chi connectivity index (χ3n) is 4.89. The first-order chi connectivity index (χ1) is 9.11. The number of methoxy groups -OCH3 is 1. The molecule has 2 aliphatic rings. The molecule has 0 bridgehead atoms. The maximum absolute atomic E-state index is 11.7. The lowest BCUT2D eigenvalue weighted by atomic mass is 9.99. The molecule has 0 saturated carbocycles. The van der Waals surface area contributed by atoms with E-state index in [1.807, 2.05) is 0 Å². The number of nitrogens with zero attached hydrogens (tertiary/aromatic N) is 2. The first-order valence-electron chi connectivity index (χ1n) is 7.62. The maximum Gasteiger partial charge on any atom is 0.310 e. The second-order valence-corrected chi connectivity index (χ2v) is 6.29. The highest BCUT2D eigenvalue weighted by Gasteiger charge is 2.35. The Balaban J connectivity index is 1.76. The van der Waals surface area contributed by atoms with Gasteiger partial charge in [-0.2, -0.15) is 0 Å². The topological polar surface area (TPSA) is 32.8 Å². The zero-order chi connectivity index (χ0) is 13.8. The number of rotatable bonds is 4. The summed E-state index contributed by atoms with van der Waals surface area (Å²) < 4.78 is 4.89. The van der Waals surface area contributed by atoms with Crippen molar-refractivity contribution in [1.82, 2.24) is 9.80 Å². The van der Waals surface area contributed by atoms with Gasteiger partial charge in [-0.3, -0.25) is 4.79 Å². The Kier molecular flexibility index (Phi) is 5.22. The van der Waals surface area contributed by atoms with Crippen molar-refractivity contribution in [3.05, 3.63) is 0 Å². The van der Waals surface area contributed by atoms with Crippen molar-refractivity contribution in [3.63, 3.8) is 0 Å². The van der Waals surface area contributed by atoms with Crippen LogP contribution in [0.3, 0.4) is 0 Å². The molecular formula is C15H28N2O2. The highest BCUT2D eigenvalue weighted by atomic mass is 16.5. The lowest BCUT2D eigenvalue weighted by Gasteiger charge is -2.33. The molecule has 2 rings (SSSR count). The third-order valence-corrected chi connectivity index (χ3v) is 4.89. The zero-order valence-corrected chi connectivity index (χ0v) is 12.6. The summed E-state index contributed by atoms with van der Waals surface area (Å²) >= 11 is 0. The highest BCUT2D eigenvalue weighted by molar-refractivity contribution is 5.73. The van der Waals surface area contributed by atoms with Crippen LogP contribution >= 0.6 is 0 Å². The van der Waals surface area contributed by atoms with Gasteiger partial charge in [-0.05, 0) is 45.3 Å². The molecule has 0 radical (unpaired) electrons.